The van der Waals surface area contributed by atoms with Crippen LogP contribution in [0, 0.1) is 5.92 Å². The van der Waals surface area contributed by atoms with Crippen molar-refractivity contribution in [3.05, 3.63) is 12.2 Å². The molecule has 1 N–H and O–H groups in total. The third-order valence-electron chi connectivity index (χ3n) is 4.10. The second-order valence-electron chi connectivity index (χ2n) is 6.70. The number of carbonyl (C=O) groups is 1. The fraction of sp³-hybridized carbons (Fsp3) is 0.778. The highest BCUT2D eigenvalue weighted by atomic mass is 127. The van der Waals surface area contributed by atoms with Crippen LogP contribution >= 0.6 is 24.0 Å². The van der Waals surface area contributed by atoms with E-state index < -0.39 is 0 Å². The van der Waals surface area contributed by atoms with E-state index in [4.69, 9.17) is 0 Å². The Kier molecular flexibility index (Phi) is 13.0. The number of hydrogen-bond acceptors (Lipinski definition) is 4. The van der Waals surface area contributed by atoms with Crippen molar-refractivity contribution in [2.24, 2.45) is 10.9 Å². The Bertz CT molecular complexity index is 570. The number of hydrogen-bond donors (Lipinski definition) is 1. The number of nitrogens with zero attached hydrogens (tertiary/aromatic N) is 6. The van der Waals surface area contributed by atoms with Gasteiger partial charge in [-0.15, -0.1) is 34.2 Å². The third-order valence-corrected chi connectivity index (χ3v) is 4.10. The van der Waals surface area contributed by atoms with Gasteiger partial charge in [0.15, 0.2) is 5.96 Å². The quantitative estimate of drug-likeness (QED) is 0.306. The van der Waals surface area contributed by atoms with Crippen LogP contribution in [0.15, 0.2) is 11.3 Å². The van der Waals surface area contributed by atoms with E-state index in [0.29, 0.717) is 19.0 Å². The number of amides is 1. The predicted molar refractivity (Wildman–Crippen MR) is 121 cm³/mol. The molecular formula is C18H36IN7O. The molecule has 0 aliphatic rings. The lowest BCUT2D eigenvalue weighted by Crippen LogP contribution is -2.46. The van der Waals surface area contributed by atoms with Crippen molar-refractivity contribution < 1.29 is 4.79 Å². The summed E-state index contributed by atoms with van der Waals surface area (Å²) < 4.78 is 2.04. The molecule has 0 saturated heterocycles. The Balaban J connectivity index is 0.00000676. The summed E-state index contributed by atoms with van der Waals surface area (Å²) in [5.74, 6) is 2.30. The number of carbonyl (C=O) groups excluding carboxylic acids is 1. The van der Waals surface area contributed by atoms with Crippen molar-refractivity contribution in [3.8, 4) is 0 Å². The fourth-order valence-electron chi connectivity index (χ4n) is 2.56. The lowest BCUT2D eigenvalue weighted by atomic mass is 10.2. The van der Waals surface area contributed by atoms with E-state index in [1.165, 1.54) is 0 Å². The zero-order valence-electron chi connectivity index (χ0n) is 17.6. The number of likely N-dealkylation sites (N-methyl/N-ethyl adjacent to an activating group) is 2. The molecule has 1 aromatic heterocycles. The van der Waals surface area contributed by atoms with Crippen LogP contribution in [0.5, 0.6) is 0 Å². The number of aryl methyl sites for hydroxylation is 1. The van der Waals surface area contributed by atoms with Crippen molar-refractivity contribution in [2.45, 2.75) is 47.6 Å². The highest BCUT2D eigenvalue weighted by molar-refractivity contribution is 14.0. The van der Waals surface area contributed by atoms with E-state index in [1.807, 2.05) is 35.3 Å². The Morgan fingerprint density at radius 1 is 1.30 bits per heavy atom. The second-order valence-corrected chi connectivity index (χ2v) is 6.70. The second kappa shape index (κ2) is 13.7. The first kappa shape index (κ1) is 25.6. The van der Waals surface area contributed by atoms with Gasteiger partial charge >= 0.3 is 0 Å². The molecule has 0 aromatic carbocycles. The molecule has 0 atom stereocenters. The largest absolute Gasteiger partial charge is 0.354 e. The van der Waals surface area contributed by atoms with Gasteiger partial charge in [0.1, 0.15) is 12.2 Å². The monoisotopic (exact) mass is 493 g/mol. The highest BCUT2D eigenvalue weighted by Gasteiger charge is 2.15. The van der Waals surface area contributed by atoms with Gasteiger partial charge in [0, 0.05) is 46.2 Å². The lowest BCUT2D eigenvalue weighted by molar-refractivity contribution is -0.131. The molecule has 0 bridgehead atoms. The van der Waals surface area contributed by atoms with Crippen LogP contribution in [-0.4, -0.2) is 76.2 Å². The number of aliphatic imine (C=N–C) groups is 1. The first-order chi connectivity index (χ1) is 12.4. The van der Waals surface area contributed by atoms with Gasteiger partial charge in [-0.05, 0) is 19.8 Å². The fourth-order valence-corrected chi connectivity index (χ4v) is 2.56. The van der Waals surface area contributed by atoms with Crippen LogP contribution in [-0.2, 0) is 17.8 Å². The minimum atomic E-state index is 0. The van der Waals surface area contributed by atoms with Crippen molar-refractivity contribution in [2.75, 3.05) is 39.8 Å². The maximum absolute atomic E-state index is 12.4. The Morgan fingerprint density at radius 3 is 2.52 bits per heavy atom. The molecule has 8 nitrogen and oxygen atoms in total. The number of rotatable bonds is 10. The van der Waals surface area contributed by atoms with Crippen LogP contribution in [0.4, 0.5) is 0 Å². The van der Waals surface area contributed by atoms with E-state index >= 15 is 0 Å². The van der Waals surface area contributed by atoms with Crippen molar-refractivity contribution in [1.29, 1.82) is 0 Å². The molecule has 1 heterocycles. The van der Waals surface area contributed by atoms with Crippen molar-refractivity contribution in [3.63, 3.8) is 0 Å². The molecule has 0 unspecified atom stereocenters. The van der Waals surface area contributed by atoms with Gasteiger partial charge in [-0.25, -0.2) is 0 Å². The summed E-state index contributed by atoms with van der Waals surface area (Å²) in [6.07, 6.45) is 2.60. The summed E-state index contributed by atoms with van der Waals surface area (Å²) in [7, 11) is 1.91. The normalized spacial score (nSPS) is 11.3. The van der Waals surface area contributed by atoms with Crippen molar-refractivity contribution in [1.82, 2.24) is 29.9 Å². The van der Waals surface area contributed by atoms with Gasteiger partial charge in [0.05, 0.1) is 6.54 Å². The standard InChI is InChI=1S/C18H35N7O.HI/c1-7-16-22-21-14-25(16)11-10-19-18(20-12-15(4)5)23(6)13-17(26)24(8-2)9-3;/h14-15H,7-13H2,1-6H3,(H,19,20);1H. The van der Waals surface area contributed by atoms with Crippen LogP contribution in [0.1, 0.15) is 40.4 Å². The van der Waals surface area contributed by atoms with Gasteiger partial charge in [-0.3, -0.25) is 9.79 Å². The van der Waals surface area contributed by atoms with Gasteiger partial charge in [-0.2, -0.15) is 0 Å². The zero-order valence-corrected chi connectivity index (χ0v) is 19.9. The van der Waals surface area contributed by atoms with Gasteiger partial charge < -0.3 is 19.7 Å². The molecule has 1 aromatic rings. The van der Waals surface area contributed by atoms with Crippen LogP contribution < -0.4 is 5.32 Å². The average Bonchev–Trinajstić information content (AvgIpc) is 3.06. The smallest absolute Gasteiger partial charge is 0.242 e. The molecule has 27 heavy (non-hydrogen) atoms. The Hall–Kier alpha value is -1.39. The third kappa shape index (κ3) is 8.89. The summed E-state index contributed by atoms with van der Waals surface area (Å²) in [5, 5.41) is 11.4. The highest BCUT2D eigenvalue weighted by Crippen LogP contribution is 1.98. The van der Waals surface area contributed by atoms with Crippen LogP contribution in [0.2, 0.25) is 0 Å². The van der Waals surface area contributed by atoms with E-state index in [2.05, 4.69) is 41.3 Å². The molecule has 0 aliphatic heterocycles. The molecule has 0 fully saturated rings. The summed E-state index contributed by atoms with van der Waals surface area (Å²) >= 11 is 0. The molecule has 156 valence electrons. The molecule has 0 radical (unpaired) electrons. The van der Waals surface area contributed by atoms with Gasteiger partial charge in [0.2, 0.25) is 5.91 Å². The van der Waals surface area contributed by atoms with E-state index in [0.717, 1.165) is 44.4 Å². The molecule has 1 amide bonds. The lowest BCUT2D eigenvalue weighted by Gasteiger charge is -2.26. The first-order valence-corrected chi connectivity index (χ1v) is 9.56. The average molecular weight is 493 g/mol. The minimum Gasteiger partial charge on any atom is -0.354 e. The molecule has 0 spiro atoms. The maximum atomic E-state index is 12.4. The zero-order chi connectivity index (χ0) is 19.5. The number of aromatic nitrogens is 3. The minimum absolute atomic E-state index is 0. The summed E-state index contributed by atoms with van der Waals surface area (Å²) in [5.41, 5.74) is 0. The number of halogens is 1. The van der Waals surface area contributed by atoms with E-state index in [9.17, 15) is 4.79 Å². The maximum Gasteiger partial charge on any atom is 0.242 e. The van der Waals surface area contributed by atoms with Gasteiger partial charge in [-0.1, -0.05) is 20.8 Å². The summed E-state index contributed by atoms with van der Waals surface area (Å²) in [6, 6.07) is 0. The summed E-state index contributed by atoms with van der Waals surface area (Å²) in [4.78, 5) is 20.8. The Morgan fingerprint density at radius 2 is 1.96 bits per heavy atom. The first-order valence-electron chi connectivity index (χ1n) is 9.56. The topological polar surface area (TPSA) is 78.6 Å². The Labute approximate surface area is 180 Å². The molecular weight excluding hydrogens is 457 g/mol. The van der Waals surface area contributed by atoms with E-state index in [-0.39, 0.29) is 29.9 Å². The van der Waals surface area contributed by atoms with E-state index in [1.54, 1.807) is 6.33 Å². The predicted octanol–water partition coefficient (Wildman–Crippen LogP) is 1.86. The molecule has 1 rings (SSSR count). The van der Waals surface area contributed by atoms with Crippen molar-refractivity contribution >= 4 is 35.8 Å². The number of guanidine groups is 1. The molecule has 9 heteroatoms. The molecule has 0 saturated carbocycles. The van der Waals surface area contributed by atoms with Crippen LogP contribution in [0.25, 0.3) is 0 Å². The summed E-state index contributed by atoms with van der Waals surface area (Å²) in [6.45, 7) is 14.3. The van der Waals surface area contributed by atoms with Gasteiger partial charge in [0.25, 0.3) is 0 Å². The number of nitrogens with one attached hydrogen (secondary N) is 1. The van der Waals surface area contributed by atoms with Crippen LogP contribution in [0.3, 0.4) is 0 Å². The molecule has 0 aliphatic carbocycles. The SMILES string of the molecule is CCc1nncn1CCNC(=NCC(C)C)N(C)CC(=O)N(CC)CC.I.